The molecule has 3 rings (SSSR count). The first-order chi connectivity index (χ1) is 13.0. The van der Waals surface area contributed by atoms with E-state index in [1.54, 1.807) is 17.0 Å². The van der Waals surface area contributed by atoms with Crippen molar-refractivity contribution in [3.63, 3.8) is 0 Å². The number of halogens is 1. The van der Waals surface area contributed by atoms with Gasteiger partial charge >= 0.3 is 0 Å². The Morgan fingerprint density at radius 3 is 2.48 bits per heavy atom. The van der Waals surface area contributed by atoms with Crippen LogP contribution in [0.25, 0.3) is 0 Å². The Kier molecular flexibility index (Phi) is 6.06. The quantitative estimate of drug-likeness (QED) is 0.880. The zero-order valence-corrected chi connectivity index (χ0v) is 15.3. The predicted octanol–water partition coefficient (Wildman–Crippen LogP) is 2.93. The minimum atomic E-state index is -0.508. The zero-order chi connectivity index (χ0) is 19.2. The highest BCUT2D eigenvalue weighted by molar-refractivity contribution is 5.94. The van der Waals surface area contributed by atoms with Gasteiger partial charge in [-0.05, 0) is 43.5 Å². The monoisotopic (exact) mass is 370 g/mol. The molecule has 2 aromatic carbocycles. The number of hydrogen-bond acceptors (Lipinski definition) is 3. The molecule has 27 heavy (non-hydrogen) atoms. The fourth-order valence-electron chi connectivity index (χ4n) is 3.16. The first-order valence-corrected chi connectivity index (χ1v) is 9.06. The van der Waals surface area contributed by atoms with Gasteiger partial charge in [-0.25, -0.2) is 4.39 Å². The summed E-state index contributed by atoms with van der Waals surface area (Å²) >= 11 is 0. The number of piperidine rings is 1. The third-order valence-electron chi connectivity index (χ3n) is 4.70. The van der Waals surface area contributed by atoms with Gasteiger partial charge < -0.3 is 15.0 Å². The molecule has 1 saturated heterocycles. The average Bonchev–Trinajstić information content (AvgIpc) is 2.68. The molecule has 0 aliphatic carbocycles. The summed E-state index contributed by atoms with van der Waals surface area (Å²) in [5.41, 5.74) is 1.07. The molecular weight excluding hydrogens is 347 g/mol. The number of amides is 2. The summed E-state index contributed by atoms with van der Waals surface area (Å²) in [5, 5.41) is 2.94. The van der Waals surface area contributed by atoms with Crippen LogP contribution >= 0.6 is 0 Å². The van der Waals surface area contributed by atoms with Crippen LogP contribution in [0.4, 0.5) is 4.39 Å². The molecule has 1 N–H and O–H groups in total. The van der Waals surface area contributed by atoms with Crippen LogP contribution in [0.15, 0.2) is 48.5 Å². The summed E-state index contributed by atoms with van der Waals surface area (Å²) in [6.45, 7) is 2.85. The van der Waals surface area contributed by atoms with Gasteiger partial charge in [0.1, 0.15) is 11.6 Å². The van der Waals surface area contributed by atoms with Crippen molar-refractivity contribution < 1.29 is 18.7 Å². The number of benzene rings is 2. The van der Waals surface area contributed by atoms with E-state index in [1.165, 1.54) is 12.1 Å². The maximum atomic E-state index is 13.8. The summed E-state index contributed by atoms with van der Waals surface area (Å²) < 4.78 is 19.3. The van der Waals surface area contributed by atoms with Gasteiger partial charge in [0.2, 0.25) is 0 Å². The number of carbonyl (C=O) groups excluding carboxylic acids is 2. The first-order valence-electron chi connectivity index (χ1n) is 9.06. The van der Waals surface area contributed by atoms with Crippen molar-refractivity contribution in [3.05, 3.63) is 65.5 Å². The zero-order valence-electron chi connectivity index (χ0n) is 15.3. The molecule has 2 aromatic rings. The normalized spacial score (nSPS) is 14.7. The standard InChI is InChI=1S/C21H23FN2O3/c1-15-6-2-5-9-19(15)27-14-20(25)23-16-10-12-24(13-11-16)21(26)17-7-3-4-8-18(17)22/h2-9,16H,10-14H2,1H3,(H,23,25). The molecule has 0 aromatic heterocycles. The molecule has 0 unspecified atom stereocenters. The molecule has 1 aliphatic rings. The van der Waals surface area contributed by atoms with Crippen LogP contribution in [0.1, 0.15) is 28.8 Å². The number of carbonyl (C=O) groups is 2. The van der Waals surface area contributed by atoms with Gasteiger partial charge in [0, 0.05) is 19.1 Å². The van der Waals surface area contributed by atoms with Crippen molar-refractivity contribution in [2.24, 2.45) is 0 Å². The Balaban J connectivity index is 1.45. The van der Waals surface area contributed by atoms with Crippen molar-refractivity contribution >= 4 is 11.8 Å². The van der Waals surface area contributed by atoms with Crippen molar-refractivity contribution in [3.8, 4) is 5.75 Å². The van der Waals surface area contributed by atoms with E-state index in [2.05, 4.69) is 5.32 Å². The minimum absolute atomic E-state index is 0.0114. The molecule has 0 saturated carbocycles. The Bertz CT molecular complexity index is 817. The van der Waals surface area contributed by atoms with Crippen LogP contribution in [0.2, 0.25) is 0 Å². The SMILES string of the molecule is Cc1ccccc1OCC(=O)NC1CCN(C(=O)c2ccccc2F)CC1. The van der Waals surface area contributed by atoms with Gasteiger partial charge in [0.05, 0.1) is 5.56 Å². The molecule has 5 nitrogen and oxygen atoms in total. The Labute approximate surface area is 158 Å². The number of para-hydroxylation sites is 1. The molecule has 2 amide bonds. The maximum Gasteiger partial charge on any atom is 0.258 e. The molecule has 1 aliphatic heterocycles. The number of rotatable bonds is 5. The van der Waals surface area contributed by atoms with Crippen LogP contribution in [-0.2, 0) is 4.79 Å². The fourth-order valence-corrected chi connectivity index (χ4v) is 3.16. The summed E-state index contributed by atoms with van der Waals surface area (Å²) in [5.74, 6) is -0.304. The third kappa shape index (κ3) is 4.84. The topological polar surface area (TPSA) is 58.6 Å². The second-order valence-corrected chi connectivity index (χ2v) is 6.67. The lowest BCUT2D eigenvalue weighted by molar-refractivity contribution is -0.124. The lowest BCUT2D eigenvalue weighted by atomic mass is 10.0. The third-order valence-corrected chi connectivity index (χ3v) is 4.70. The van der Waals surface area contributed by atoms with Crippen LogP contribution in [0.5, 0.6) is 5.75 Å². The number of aryl methyl sites for hydroxylation is 1. The van der Waals surface area contributed by atoms with Crippen molar-refractivity contribution in [2.45, 2.75) is 25.8 Å². The lowest BCUT2D eigenvalue weighted by Crippen LogP contribution is -2.47. The number of likely N-dealkylation sites (tertiary alicyclic amines) is 1. The Morgan fingerprint density at radius 2 is 1.78 bits per heavy atom. The van der Waals surface area contributed by atoms with Gasteiger partial charge in [-0.2, -0.15) is 0 Å². The second kappa shape index (κ2) is 8.66. The van der Waals surface area contributed by atoms with Gasteiger partial charge in [-0.15, -0.1) is 0 Å². The van der Waals surface area contributed by atoms with E-state index in [-0.39, 0.29) is 30.0 Å². The molecule has 1 heterocycles. The van der Waals surface area contributed by atoms with Gasteiger partial charge in [-0.3, -0.25) is 9.59 Å². The molecule has 0 atom stereocenters. The van der Waals surface area contributed by atoms with E-state index in [1.807, 2.05) is 31.2 Å². The highest BCUT2D eigenvalue weighted by Crippen LogP contribution is 2.17. The molecule has 1 fully saturated rings. The van der Waals surface area contributed by atoms with Crippen LogP contribution in [0.3, 0.4) is 0 Å². The van der Waals surface area contributed by atoms with Crippen LogP contribution in [-0.4, -0.2) is 42.5 Å². The fraction of sp³-hybridized carbons (Fsp3) is 0.333. The molecule has 0 spiro atoms. The summed E-state index contributed by atoms with van der Waals surface area (Å²) in [6, 6.07) is 13.5. The molecule has 142 valence electrons. The second-order valence-electron chi connectivity index (χ2n) is 6.67. The van der Waals surface area contributed by atoms with E-state index in [0.717, 1.165) is 5.56 Å². The lowest BCUT2D eigenvalue weighted by Gasteiger charge is -2.32. The Hall–Kier alpha value is -2.89. The van der Waals surface area contributed by atoms with E-state index < -0.39 is 5.82 Å². The summed E-state index contributed by atoms with van der Waals surface area (Å²) in [6.07, 6.45) is 1.27. The minimum Gasteiger partial charge on any atom is -0.484 e. The Morgan fingerprint density at radius 1 is 1.11 bits per heavy atom. The van der Waals surface area contributed by atoms with Crippen LogP contribution < -0.4 is 10.1 Å². The highest BCUT2D eigenvalue weighted by atomic mass is 19.1. The number of hydrogen-bond donors (Lipinski definition) is 1. The van der Waals surface area contributed by atoms with Crippen LogP contribution in [0, 0.1) is 12.7 Å². The molecular formula is C21H23FN2O3. The average molecular weight is 370 g/mol. The van der Waals surface area contributed by atoms with E-state index in [9.17, 15) is 14.0 Å². The van der Waals surface area contributed by atoms with Gasteiger partial charge in [-0.1, -0.05) is 30.3 Å². The molecule has 0 radical (unpaired) electrons. The van der Waals surface area contributed by atoms with Gasteiger partial charge in [0.15, 0.2) is 6.61 Å². The summed E-state index contributed by atoms with van der Waals surface area (Å²) in [7, 11) is 0. The van der Waals surface area contributed by atoms with E-state index in [0.29, 0.717) is 31.7 Å². The first kappa shape index (κ1) is 18.9. The van der Waals surface area contributed by atoms with E-state index >= 15 is 0 Å². The molecule has 6 heteroatoms. The maximum absolute atomic E-state index is 13.8. The summed E-state index contributed by atoms with van der Waals surface area (Å²) in [4.78, 5) is 26.2. The molecule has 0 bridgehead atoms. The largest absolute Gasteiger partial charge is 0.484 e. The number of nitrogens with zero attached hydrogens (tertiary/aromatic N) is 1. The predicted molar refractivity (Wildman–Crippen MR) is 100 cm³/mol. The van der Waals surface area contributed by atoms with Crippen molar-refractivity contribution in [2.75, 3.05) is 19.7 Å². The highest BCUT2D eigenvalue weighted by Gasteiger charge is 2.26. The number of nitrogens with one attached hydrogen (secondary N) is 1. The number of ether oxygens (including phenoxy) is 1. The van der Waals surface area contributed by atoms with E-state index in [4.69, 9.17) is 4.74 Å². The smallest absolute Gasteiger partial charge is 0.258 e. The van der Waals surface area contributed by atoms with Gasteiger partial charge in [0.25, 0.3) is 11.8 Å². The van der Waals surface area contributed by atoms with Crippen molar-refractivity contribution in [1.29, 1.82) is 0 Å². The van der Waals surface area contributed by atoms with Crippen molar-refractivity contribution in [1.82, 2.24) is 10.2 Å².